The molecule has 1 saturated carbocycles. The molecule has 7 rings (SSSR count). The lowest BCUT2D eigenvalue weighted by Crippen LogP contribution is -2.35. The number of hydrogen-bond acceptors (Lipinski definition) is 9. The van der Waals surface area contributed by atoms with Crippen molar-refractivity contribution in [2.45, 2.75) is 101 Å². The summed E-state index contributed by atoms with van der Waals surface area (Å²) in [7, 11) is 0. The van der Waals surface area contributed by atoms with Crippen molar-refractivity contribution in [3.63, 3.8) is 0 Å². The average molecular weight is 828 g/mol. The zero-order valence-electron chi connectivity index (χ0n) is 31.8. The van der Waals surface area contributed by atoms with Gasteiger partial charge in [-0.15, -0.1) is 23.1 Å². The van der Waals surface area contributed by atoms with Crippen molar-refractivity contribution in [3.05, 3.63) is 109 Å². The molecule has 2 N–H and O–H groups in total. The second kappa shape index (κ2) is 16.0. The van der Waals surface area contributed by atoms with Crippen molar-refractivity contribution in [2.24, 2.45) is 5.41 Å². The lowest BCUT2D eigenvalue weighted by atomic mass is 9.78. The SMILES string of the molecule is CCC(C)(CC(C)(CC)C(=O)O)Sc1ccc(N2c3ccc(/C=c4\s/c(=C5/SC(=S)N(Cc6ccccc6)C5=O)n(CC(=O)O)c4=O)cc3C3CCCC32)cc1. The maximum Gasteiger partial charge on any atom is 0.323 e. The molecule has 56 heavy (non-hydrogen) atoms. The number of hydrogen-bond donors (Lipinski definition) is 2. The number of amides is 1. The van der Waals surface area contributed by atoms with Crippen LogP contribution in [0.2, 0.25) is 0 Å². The standard InChI is InChI=1S/C43H45N3O6S4/c1-5-42(3,40(51)52)25-43(4,6-2)56-29-18-16-28(17-19-29)46-32-14-10-13-30(32)31-21-27(15-20-33(31)46)22-34-37(49)44(24-35(47)48)39(54-34)36-38(50)45(41(53)55-36)23-26-11-8-7-9-12-26/h7-9,11-12,15-22,30,32H,5-6,10,13-14,23-25H2,1-4H3,(H,47,48)(H,51,52)/b34-22-,39-36+. The van der Waals surface area contributed by atoms with Crippen LogP contribution in [0, 0.1) is 5.41 Å². The summed E-state index contributed by atoms with van der Waals surface area (Å²) in [6, 6.07) is 24.7. The van der Waals surface area contributed by atoms with Crippen LogP contribution in [0.3, 0.4) is 0 Å². The monoisotopic (exact) mass is 827 g/mol. The molecule has 4 atom stereocenters. The number of aliphatic carboxylic acids is 2. The third kappa shape index (κ3) is 7.75. The number of rotatable bonds is 13. The van der Waals surface area contributed by atoms with Crippen molar-refractivity contribution in [3.8, 4) is 0 Å². The summed E-state index contributed by atoms with van der Waals surface area (Å²) in [6.07, 6.45) is 7.05. The molecule has 4 unspecified atom stereocenters. The first kappa shape index (κ1) is 40.0. The van der Waals surface area contributed by atoms with Gasteiger partial charge in [-0.2, -0.15) is 0 Å². The Morgan fingerprint density at radius 1 is 0.982 bits per heavy atom. The van der Waals surface area contributed by atoms with E-state index < -0.39 is 29.5 Å². The van der Waals surface area contributed by atoms with E-state index in [1.807, 2.05) is 50.2 Å². The van der Waals surface area contributed by atoms with Gasteiger partial charge >= 0.3 is 11.9 Å². The second-order valence-electron chi connectivity index (χ2n) is 15.4. The number of carboxylic acids is 2. The molecule has 3 aliphatic rings. The van der Waals surface area contributed by atoms with E-state index in [0.717, 1.165) is 76.2 Å². The fraction of sp³-hybridized carbons (Fsp3) is 0.372. The number of aromatic nitrogens is 1. The van der Waals surface area contributed by atoms with Crippen molar-refractivity contribution < 1.29 is 24.6 Å². The lowest BCUT2D eigenvalue weighted by molar-refractivity contribution is -0.149. The largest absolute Gasteiger partial charge is 0.481 e. The normalized spacial score (nSPS) is 21.2. The average Bonchev–Trinajstić information content (AvgIpc) is 3.92. The molecule has 1 aliphatic carbocycles. The predicted octanol–water partition coefficient (Wildman–Crippen LogP) is 7.93. The van der Waals surface area contributed by atoms with Gasteiger partial charge in [0.15, 0.2) is 0 Å². The van der Waals surface area contributed by atoms with Crippen molar-refractivity contribution in [1.29, 1.82) is 0 Å². The molecule has 0 radical (unpaired) electrons. The summed E-state index contributed by atoms with van der Waals surface area (Å²) in [5.74, 6) is -1.93. The van der Waals surface area contributed by atoms with Gasteiger partial charge in [0.1, 0.15) is 20.4 Å². The lowest BCUT2D eigenvalue weighted by Gasteiger charge is -2.36. The highest BCUT2D eigenvalue weighted by molar-refractivity contribution is 8.30. The fourth-order valence-electron chi connectivity index (χ4n) is 8.22. The Labute approximate surface area is 344 Å². The Morgan fingerprint density at radius 3 is 2.38 bits per heavy atom. The minimum atomic E-state index is -1.17. The van der Waals surface area contributed by atoms with Crippen LogP contribution in [0.5, 0.6) is 0 Å². The number of benzene rings is 3. The number of fused-ring (bicyclic) bond motifs is 3. The molecule has 13 heteroatoms. The summed E-state index contributed by atoms with van der Waals surface area (Å²) in [5, 5.41) is 19.7. The summed E-state index contributed by atoms with van der Waals surface area (Å²) in [5.41, 5.74) is 3.99. The summed E-state index contributed by atoms with van der Waals surface area (Å²) in [4.78, 5) is 56.9. The first-order valence-corrected chi connectivity index (χ1v) is 21.8. The van der Waals surface area contributed by atoms with Crippen molar-refractivity contribution >= 4 is 91.6 Å². The Hall–Kier alpha value is -4.17. The molecule has 4 aromatic rings. The highest BCUT2D eigenvalue weighted by Gasteiger charge is 2.43. The number of carbonyl (C=O) groups excluding carboxylic acids is 1. The molecule has 1 aromatic heterocycles. The highest BCUT2D eigenvalue weighted by Crippen LogP contribution is 2.53. The molecule has 2 fully saturated rings. The van der Waals surface area contributed by atoms with Crippen molar-refractivity contribution in [1.82, 2.24) is 9.47 Å². The van der Waals surface area contributed by atoms with Crippen LogP contribution in [-0.4, -0.2) is 52.6 Å². The van der Waals surface area contributed by atoms with Gasteiger partial charge in [0, 0.05) is 33.0 Å². The van der Waals surface area contributed by atoms with Crippen LogP contribution in [0.4, 0.5) is 11.4 Å². The quantitative estimate of drug-likeness (QED) is 0.102. The van der Waals surface area contributed by atoms with E-state index >= 15 is 0 Å². The summed E-state index contributed by atoms with van der Waals surface area (Å²) < 4.78 is 1.95. The topological polar surface area (TPSA) is 120 Å². The first-order chi connectivity index (χ1) is 26.7. The Balaban J connectivity index is 1.19. The van der Waals surface area contributed by atoms with Gasteiger partial charge in [-0.1, -0.05) is 87.6 Å². The number of thioether (sulfide) groups is 2. The fourth-order valence-corrected chi connectivity index (χ4v) is 12.1. The molecular weight excluding hydrogens is 783 g/mol. The summed E-state index contributed by atoms with van der Waals surface area (Å²) >= 11 is 9.54. The zero-order valence-corrected chi connectivity index (χ0v) is 35.1. The smallest absolute Gasteiger partial charge is 0.323 e. The second-order valence-corrected chi connectivity index (χ2v) is 19.7. The molecule has 0 spiro atoms. The molecule has 1 saturated heterocycles. The van der Waals surface area contributed by atoms with E-state index in [1.165, 1.54) is 15.0 Å². The van der Waals surface area contributed by atoms with Gasteiger partial charge in [0.05, 0.1) is 16.5 Å². The van der Waals surface area contributed by atoms with Gasteiger partial charge in [0.2, 0.25) is 0 Å². The Morgan fingerprint density at radius 2 is 1.71 bits per heavy atom. The van der Waals surface area contributed by atoms with E-state index in [0.29, 0.717) is 38.3 Å². The molecule has 292 valence electrons. The molecular formula is C43H45N3O6S4. The van der Waals surface area contributed by atoms with Crippen molar-refractivity contribution in [2.75, 3.05) is 4.90 Å². The molecule has 3 heterocycles. The van der Waals surface area contributed by atoms with E-state index in [4.69, 9.17) is 12.2 Å². The maximum atomic E-state index is 13.8. The first-order valence-electron chi connectivity index (χ1n) is 18.9. The minimum absolute atomic E-state index is 0.228. The van der Waals surface area contributed by atoms with Crippen LogP contribution >= 0.6 is 47.1 Å². The van der Waals surface area contributed by atoms with Crippen LogP contribution in [0.15, 0.2) is 82.5 Å². The maximum absolute atomic E-state index is 13.8. The van der Waals surface area contributed by atoms with Crippen LogP contribution in [-0.2, 0) is 27.5 Å². The molecule has 1 amide bonds. The zero-order chi connectivity index (χ0) is 39.9. The molecule has 2 aliphatic heterocycles. The third-order valence-electron chi connectivity index (χ3n) is 11.5. The predicted molar refractivity (Wildman–Crippen MR) is 230 cm³/mol. The Bertz CT molecular complexity index is 2390. The molecule has 0 bridgehead atoms. The van der Waals surface area contributed by atoms with Gasteiger partial charge in [0.25, 0.3) is 11.5 Å². The number of thiocarbonyl (C=S) groups is 1. The van der Waals surface area contributed by atoms with E-state index in [9.17, 15) is 29.4 Å². The minimum Gasteiger partial charge on any atom is -0.481 e. The van der Waals surface area contributed by atoms with Crippen LogP contribution < -0.4 is 19.7 Å². The summed E-state index contributed by atoms with van der Waals surface area (Å²) in [6.45, 7) is 7.79. The van der Waals surface area contributed by atoms with E-state index in [1.54, 1.807) is 17.8 Å². The van der Waals surface area contributed by atoms with Crippen LogP contribution in [0.1, 0.15) is 88.8 Å². The third-order valence-corrected chi connectivity index (χ3v) is 15.7. The van der Waals surface area contributed by atoms with Gasteiger partial charge in [-0.3, -0.25) is 28.6 Å². The number of anilines is 2. The molecule has 9 nitrogen and oxygen atoms in total. The van der Waals surface area contributed by atoms with Gasteiger partial charge < -0.3 is 15.1 Å². The number of nitrogens with zero attached hydrogens (tertiary/aromatic N) is 3. The van der Waals surface area contributed by atoms with Gasteiger partial charge in [-0.05, 0) is 98.2 Å². The highest BCUT2D eigenvalue weighted by atomic mass is 32.2. The van der Waals surface area contributed by atoms with E-state index in [-0.39, 0.29) is 22.1 Å². The number of thiazole rings is 1. The van der Waals surface area contributed by atoms with E-state index in [2.05, 4.69) is 55.1 Å². The van der Waals surface area contributed by atoms with Gasteiger partial charge in [-0.25, -0.2) is 0 Å². The molecule has 3 aromatic carbocycles. The Kier molecular flexibility index (Phi) is 11.4. The number of carbonyl (C=O) groups is 3. The van der Waals surface area contributed by atoms with Crippen LogP contribution in [0.25, 0.3) is 11.0 Å². The number of carboxylic acid groups (broad SMARTS) is 2.